The van der Waals surface area contributed by atoms with Crippen molar-refractivity contribution in [3.05, 3.63) is 65.9 Å². The number of amides is 3. The Bertz CT molecular complexity index is 1950. The van der Waals surface area contributed by atoms with Gasteiger partial charge < -0.3 is 20.9 Å². The van der Waals surface area contributed by atoms with Crippen LogP contribution in [0.3, 0.4) is 0 Å². The van der Waals surface area contributed by atoms with Gasteiger partial charge in [-0.15, -0.1) is 0 Å². The quantitative estimate of drug-likeness (QED) is 0.145. The van der Waals surface area contributed by atoms with E-state index < -0.39 is 42.1 Å². The Labute approximate surface area is 323 Å². The van der Waals surface area contributed by atoms with Crippen LogP contribution in [0.1, 0.15) is 82.1 Å². The van der Waals surface area contributed by atoms with E-state index in [2.05, 4.69) is 37.3 Å². The number of halogens is 4. The lowest BCUT2D eigenvalue weighted by Crippen LogP contribution is -2.60. The molecule has 4 N–H and O–H groups in total. The van der Waals surface area contributed by atoms with Gasteiger partial charge in [0.2, 0.25) is 23.7 Å². The number of hydrogen-bond acceptors (Lipinski definition) is 9. The number of carbonyl (C=O) groups excluding carboxylic acids is 3. The lowest BCUT2D eigenvalue weighted by molar-refractivity contribution is -0.134. The summed E-state index contributed by atoms with van der Waals surface area (Å²) >= 11 is 0. The van der Waals surface area contributed by atoms with Gasteiger partial charge >= 0.3 is 0 Å². The van der Waals surface area contributed by atoms with Crippen LogP contribution in [0, 0.1) is 17.6 Å². The second-order valence-electron chi connectivity index (χ2n) is 16.1. The molecule has 5 fully saturated rings. The molecule has 0 spiro atoms. The molecule has 11 nitrogen and oxygen atoms in total. The molecular formula is C41H48F4N8O3. The maximum Gasteiger partial charge on any atom is 0.280 e. The Morgan fingerprint density at radius 1 is 0.839 bits per heavy atom. The van der Waals surface area contributed by atoms with Gasteiger partial charge in [-0.05, 0) is 113 Å². The van der Waals surface area contributed by atoms with Gasteiger partial charge in [0.25, 0.3) is 5.92 Å². The van der Waals surface area contributed by atoms with Crippen LogP contribution in [0.5, 0.6) is 0 Å². The van der Waals surface area contributed by atoms with Crippen LogP contribution in [-0.2, 0) is 14.4 Å². The Kier molecular flexibility index (Phi) is 10.9. The van der Waals surface area contributed by atoms with Gasteiger partial charge in [0, 0.05) is 42.2 Å². The van der Waals surface area contributed by atoms with Gasteiger partial charge in [-0.3, -0.25) is 24.6 Å². The fourth-order valence-corrected chi connectivity index (χ4v) is 8.82. The number of nitrogens with one attached hydrogen (secondary N) is 4. The lowest BCUT2D eigenvalue weighted by Gasteiger charge is -2.46. The molecule has 2 saturated carbocycles. The maximum absolute atomic E-state index is 15.7. The van der Waals surface area contributed by atoms with Crippen molar-refractivity contribution < 1.29 is 31.9 Å². The number of rotatable bonds is 10. The third kappa shape index (κ3) is 8.62. The summed E-state index contributed by atoms with van der Waals surface area (Å²) in [5.74, 6) is -4.41. The maximum atomic E-state index is 15.7. The van der Waals surface area contributed by atoms with Crippen LogP contribution < -0.4 is 26.2 Å². The van der Waals surface area contributed by atoms with E-state index in [4.69, 9.17) is 0 Å². The van der Waals surface area contributed by atoms with Gasteiger partial charge in [0.15, 0.2) is 5.82 Å². The first-order valence-corrected chi connectivity index (χ1v) is 20.0. The highest BCUT2D eigenvalue weighted by molar-refractivity contribution is 6.01. The summed E-state index contributed by atoms with van der Waals surface area (Å²) in [4.78, 5) is 48.7. The first kappa shape index (κ1) is 38.1. The van der Waals surface area contributed by atoms with E-state index in [-0.39, 0.29) is 67.0 Å². The number of likely N-dealkylation sites (tertiary alicyclic amines) is 1. The average molecular weight is 777 g/mol. The summed E-state index contributed by atoms with van der Waals surface area (Å²) in [7, 11) is 0. The number of piperidine rings is 3. The summed E-state index contributed by atoms with van der Waals surface area (Å²) in [6.45, 7) is 0.385. The standard InChI is InChI=1S/C41H48F4N8O3/c42-31-21-30(47-33-11-13-36(54)50-39(33)56)10-12-34(31)53-19-16-35(41(44,45)23-53)52-17-14-25(15-18-52)38(55)48-28-6-8-29(9-7-28)49-40-46-22-32(43)37(51-40)27-3-1-2-26(20-27)24-4-5-24/h1-3,10,12,20-22,24-25,28-29,33,35,47H,4-9,11,13-19,23H2,(H,48,55)(H,46,49,51)(H,50,54,56). The Morgan fingerprint density at radius 3 is 2.32 bits per heavy atom. The van der Waals surface area contributed by atoms with Crippen molar-refractivity contribution in [1.82, 2.24) is 25.5 Å². The van der Waals surface area contributed by atoms with Crippen molar-refractivity contribution in [2.75, 3.05) is 41.7 Å². The number of anilines is 3. The molecule has 2 unspecified atom stereocenters. The molecule has 5 aliphatic rings. The van der Waals surface area contributed by atoms with E-state index in [0.29, 0.717) is 43.5 Å². The molecule has 4 heterocycles. The van der Waals surface area contributed by atoms with Gasteiger partial charge in [-0.1, -0.05) is 18.2 Å². The lowest BCUT2D eigenvalue weighted by atomic mass is 9.89. The van der Waals surface area contributed by atoms with Crippen LogP contribution in [-0.4, -0.2) is 88.9 Å². The van der Waals surface area contributed by atoms with Crippen molar-refractivity contribution in [2.45, 2.75) is 107 Å². The third-order valence-corrected chi connectivity index (χ3v) is 12.1. The largest absolute Gasteiger partial charge is 0.374 e. The van der Waals surface area contributed by atoms with Gasteiger partial charge in [-0.25, -0.2) is 27.5 Å². The average Bonchev–Trinajstić information content (AvgIpc) is 4.04. The summed E-state index contributed by atoms with van der Waals surface area (Å²) in [5.41, 5.74) is 2.64. The molecule has 0 radical (unpaired) electrons. The smallest absolute Gasteiger partial charge is 0.280 e. The summed E-state index contributed by atoms with van der Waals surface area (Å²) in [6, 6.07) is 10.5. The van der Waals surface area contributed by atoms with Crippen LogP contribution in [0.2, 0.25) is 0 Å². The molecule has 2 aliphatic carbocycles. The number of aromatic nitrogens is 2. The molecule has 15 heteroatoms. The minimum absolute atomic E-state index is 0.0183. The molecule has 3 aliphatic heterocycles. The molecule has 3 saturated heterocycles. The SMILES string of the molecule is O=C1CCC(Nc2ccc(N3CCC(N4CCC(C(=O)NC5CCC(Nc6ncc(F)c(-c7cccc(C8CC8)c7)n6)CC5)CC4)C(F)(F)C3)c(F)c2)C(=O)N1. The zero-order valence-electron chi connectivity index (χ0n) is 31.2. The van der Waals surface area contributed by atoms with E-state index in [1.807, 2.05) is 18.2 Å². The molecule has 2 aromatic carbocycles. The van der Waals surface area contributed by atoms with Crippen LogP contribution in [0.15, 0.2) is 48.7 Å². The first-order chi connectivity index (χ1) is 27.0. The predicted octanol–water partition coefficient (Wildman–Crippen LogP) is 5.98. The molecule has 3 amide bonds. The minimum Gasteiger partial charge on any atom is -0.374 e. The summed E-state index contributed by atoms with van der Waals surface area (Å²) in [5, 5.41) is 11.7. The molecule has 56 heavy (non-hydrogen) atoms. The highest BCUT2D eigenvalue weighted by Crippen LogP contribution is 2.41. The summed E-state index contributed by atoms with van der Waals surface area (Å²) in [6.07, 6.45) is 8.23. The molecule has 298 valence electrons. The third-order valence-electron chi connectivity index (χ3n) is 12.1. The zero-order chi connectivity index (χ0) is 39.0. The first-order valence-electron chi connectivity index (χ1n) is 20.0. The molecule has 1 aromatic heterocycles. The van der Waals surface area contributed by atoms with Crippen molar-refractivity contribution in [3.8, 4) is 11.3 Å². The van der Waals surface area contributed by atoms with Crippen LogP contribution >= 0.6 is 0 Å². The summed E-state index contributed by atoms with van der Waals surface area (Å²) < 4.78 is 61.3. The second kappa shape index (κ2) is 16.0. The van der Waals surface area contributed by atoms with E-state index in [0.717, 1.165) is 44.1 Å². The van der Waals surface area contributed by atoms with Crippen LogP contribution in [0.4, 0.5) is 34.9 Å². The van der Waals surface area contributed by atoms with Gasteiger partial charge in [-0.2, -0.15) is 0 Å². The van der Waals surface area contributed by atoms with Gasteiger partial charge in [0.05, 0.1) is 24.5 Å². The number of nitrogens with zero attached hydrogens (tertiary/aromatic N) is 4. The van der Waals surface area contributed by atoms with E-state index in [1.54, 1.807) is 11.0 Å². The second-order valence-corrected chi connectivity index (χ2v) is 16.1. The van der Waals surface area contributed by atoms with Crippen molar-refractivity contribution in [1.29, 1.82) is 0 Å². The highest BCUT2D eigenvalue weighted by atomic mass is 19.3. The number of imide groups is 1. The highest BCUT2D eigenvalue weighted by Gasteiger charge is 2.48. The van der Waals surface area contributed by atoms with Crippen molar-refractivity contribution in [3.63, 3.8) is 0 Å². The number of alkyl halides is 2. The fraction of sp³-hybridized carbons (Fsp3) is 0.537. The molecule has 2 atom stereocenters. The van der Waals surface area contributed by atoms with E-state index in [9.17, 15) is 18.8 Å². The van der Waals surface area contributed by atoms with Crippen LogP contribution in [0.25, 0.3) is 11.3 Å². The topological polar surface area (TPSA) is 132 Å². The minimum atomic E-state index is -3.10. The van der Waals surface area contributed by atoms with Gasteiger partial charge in [0.1, 0.15) is 17.6 Å². The Morgan fingerprint density at radius 2 is 1.61 bits per heavy atom. The predicted molar refractivity (Wildman–Crippen MR) is 203 cm³/mol. The fourth-order valence-electron chi connectivity index (χ4n) is 8.82. The zero-order valence-corrected chi connectivity index (χ0v) is 31.2. The van der Waals surface area contributed by atoms with E-state index in [1.165, 1.54) is 28.8 Å². The molecule has 3 aromatic rings. The molecular weight excluding hydrogens is 728 g/mol. The number of benzene rings is 2. The van der Waals surface area contributed by atoms with Crippen molar-refractivity contribution in [2.24, 2.45) is 5.92 Å². The number of hydrogen-bond donors (Lipinski definition) is 4. The van der Waals surface area contributed by atoms with Crippen molar-refractivity contribution >= 4 is 35.0 Å². The molecule has 8 rings (SSSR count). The monoisotopic (exact) mass is 776 g/mol. The molecule has 0 bridgehead atoms. The Balaban J connectivity index is 0.777. The Hall–Kier alpha value is -4.79. The number of carbonyl (C=O) groups is 3. The van der Waals surface area contributed by atoms with E-state index >= 15 is 13.2 Å². The normalized spacial score (nSPS) is 26.0.